The molecule has 7 aromatic carbocycles. The first kappa shape index (κ1) is 17.3. The van der Waals surface area contributed by atoms with E-state index in [1.54, 1.807) is 42.5 Å². The maximum absolute atomic E-state index is 9.53. The minimum atomic E-state index is -0.821. The highest BCUT2D eigenvalue weighted by molar-refractivity contribution is 7.25. The van der Waals surface area contributed by atoms with Gasteiger partial charge < -0.3 is 4.42 Å². The summed E-state index contributed by atoms with van der Waals surface area (Å²) in [7, 11) is 0. The van der Waals surface area contributed by atoms with Crippen molar-refractivity contribution in [1.82, 2.24) is 15.0 Å². The smallest absolute Gasteiger partial charge is 0.164 e. The molecule has 3 heterocycles. The van der Waals surface area contributed by atoms with Gasteiger partial charge in [0.15, 0.2) is 17.5 Å². The van der Waals surface area contributed by atoms with Gasteiger partial charge in [-0.15, -0.1) is 11.3 Å². The van der Waals surface area contributed by atoms with Crippen molar-refractivity contribution < 1.29 is 25.0 Å². The standard InChI is InChI=1S/C45H27N3OS/c1-2-10-29(11-3-1)43-46-44(48-45(47-43)33-24-25-36-35-14-4-6-17-38(35)49-39(36)27-33)30-22-20-28(21-23-30)31-12-8-13-32(26-31)34-16-9-19-41-42(34)37-15-5-7-18-40(37)50-41/h1-27H/i5D,7D,8D,9D,12D,13D,15D,16D,18D,19D,20D,21D,22D,23D,26D. The summed E-state index contributed by atoms with van der Waals surface area (Å²) in [4.78, 5) is 14.0. The van der Waals surface area contributed by atoms with Crippen LogP contribution < -0.4 is 0 Å². The monoisotopic (exact) mass is 672 g/mol. The maximum Gasteiger partial charge on any atom is 0.164 e. The van der Waals surface area contributed by atoms with E-state index in [1.165, 1.54) is 0 Å². The molecule has 0 atom stereocenters. The van der Waals surface area contributed by atoms with Crippen molar-refractivity contribution in [3.05, 3.63) is 163 Å². The Kier molecular flexibility index (Phi) is 4.02. The van der Waals surface area contributed by atoms with Crippen LogP contribution in [0.5, 0.6) is 0 Å². The number of furan rings is 1. The molecule has 0 unspecified atom stereocenters. The summed E-state index contributed by atoms with van der Waals surface area (Å²) in [6, 6.07) is 11.9. The highest BCUT2D eigenvalue weighted by Crippen LogP contribution is 2.41. The zero-order chi connectivity index (χ0) is 46.1. The Balaban J connectivity index is 1.22. The zero-order valence-corrected chi connectivity index (χ0v) is 26.4. The van der Waals surface area contributed by atoms with Gasteiger partial charge in [0.1, 0.15) is 11.2 Å². The zero-order valence-electron chi connectivity index (χ0n) is 40.6. The second-order valence-electron chi connectivity index (χ2n) is 11.2. The van der Waals surface area contributed by atoms with E-state index in [9.17, 15) is 6.85 Å². The Morgan fingerprint density at radius 3 is 2.02 bits per heavy atom. The summed E-state index contributed by atoms with van der Waals surface area (Å²) in [5, 5.41) is 1.49. The highest BCUT2D eigenvalue weighted by Gasteiger charge is 2.16. The maximum atomic E-state index is 9.53. The van der Waals surface area contributed by atoms with Crippen molar-refractivity contribution >= 4 is 53.4 Å². The molecule has 3 aromatic heterocycles. The number of nitrogens with zero attached hydrogens (tertiary/aromatic N) is 3. The molecule has 0 saturated heterocycles. The minimum absolute atomic E-state index is 0.00518. The number of hydrogen-bond acceptors (Lipinski definition) is 5. The van der Waals surface area contributed by atoms with Gasteiger partial charge in [-0.3, -0.25) is 0 Å². The van der Waals surface area contributed by atoms with E-state index < -0.39 is 107 Å². The summed E-state index contributed by atoms with van der Waals surface area (Å²) < 4.78 is 140. The van der Waals surface area contributed by atoms with Crippen molar-refractivity contribution in [1.29, 1.82) is 0 Å². The van der Waals surface area contributed by atoms with Crippen LogP contribution in [0.25, 0.3) is 98.5 Å². The SMILES string of the molecule is [2H]c1c([2H])c(-c2c([2H])c([2H])c(-c3nc(-c4ccccc4)nc(-c4ccc5c(c4)oc4ccccc45)n3)c([2H])c2[2H])c([2H])c(-c2c([2H])c([2H])c([2H])c3sc4c([2H])c([2H])c([2H])c([2H])c4c23)c1[2H]. The van der Waals surface area contributed by atoms with E-state index in [0.717, 1.165) is 22.1 Å². The molecule has 50 heavy (non-hydrogen) atoms. The first-order valence-electron chi connectivity index (χ1n) is 22.9. The van der Waals surface area contributed by atoms with Crippen LogP contribution in [0.3, 0.4) is 0 Å². The summed E-state index contributed by atoms with van der Waals surface area (Å²) in [5.41, 5.74) is -0.152. The van der Waals surface area contributed by atoms with Gasteiger partial charge in [0.2, 0.25) is 0 Å². The van der Waals surface area contributed by atoms with Crippen molar-refractivity contribution in [3.63, 3.8) is 0 Å². The molecule has 0 bridgehead atoms. The molecule has 0 spiro atoms. The third-order valence-electron chi connectivity index (χ3n) is 8.23. The van der Waals surface area contributed by atoms with Crippen LogP contribution in [-0.2, 0) is 0 Å². The summed E-state index contributed by atoms with van der Waals surface area (Å²) in [5.74, 6) is 0.0593. The molecule has 0 aliphatic rings. The third-order valence-corrected chi connectivity index (χ3v) is 9.25. The van der Waals surface area contributed by atoms with Crippen LogP contribution >= 0.6 is 11.3 Å². The Morgan fingerprint density at radius 1 is 0.460 bits per heavy atom. The molecule has 10 rings (SSSR count). The number of rotatable bonds is 5. The van der Waals surface area contributed by atoms with Gasteiger partial charge in [0, 0.05) is 47.6 Å². The summed E-state index contributed by atoms with van der Waals surface area (Å²) in [6.07, 6.45) is 0. The van der Waals surface area contributed by atoms with Crippen LogP contribution in [0.15, 0.2) is 168 Å². The Hall–Kier alpha value is -6.43. The molecule has 0 radical (unpaired) electrons. The molecule has 5 heteroatoms. The van der Waals surface area contributed by atoms with Crippen LogP contribution in [-0.4, -0.2) is 15.0 Å². The summed E-state index contributed by atoms with van der Waals surface area (Å²) >= 11 is 0.773. The van der Waals surface area contributed by atoms with Crippen molar-refractivity contribution in [2.24, 2.45) is 0 Å². The number of thiophene rings is 1. The molecular formula is C45H27N3OS. The van der Waals surface area contributed by atoms with E-state index in [0.29, 0.717) is 22.3 Å². The van der Waals surface area contributed by atoms with E-state index in [2.05, 4.69) is 9.97 Å². The van der Waals surface area contributed by atoms with Gasteiger partial charge >= 0.3 is 0 Å². The average Bonchev–Trinajstić information content (AvgIpc) is 3.90. The lowest BCUT2D eigenvalue weighted by Gasteiger charge is -2.10. The van der Waals surface area contributed by atoms with E-state index in [1.807, 2.05) is 30.3 Å². The lowest BCUT2D eigenvalue weighted by Crippen LogP contribution is -2.00. The Bertz CT molecular complexity index is 3710. The molecule has 0 saturated carbocycles. The van der Waals surface area contributed by atoms with E-state index in [4.69, 9.17) is 23.1 Å². The summed E-state index contributed by atoms with van der Waals surface area (Å²) in [6.45, 7) is 0. The average molecular weight is 673 g/mol. The quantitative estimate of drug-likeness (QED) is 0.183. The largest absolute Gasteiger partial charge is 0.456 e. The van der Waals surface area contributed by atoms with Crippen LogP contribution in [0, 0.1) is 0 Å². The fraction of sp³-hybridized carbons (Fsp3) is 0. The molecule has 4 nitrogen and oxygen atoms in total. The number of benzene rings is 7. The normalized spacial score (nSPS) is 15.8. The number of hydrogen-bond donors (Lipinski definition) is 0. The fourth-order valence-corrected chi connectivity index (χ4v) is 6.86. The number of aromatic nitrogens is 3. The molecule has 0 aliphatic heterocycles. The number of para-hydroxylation sites is 1. The lowest BCUT2D eigenvalue weighted by molar-refractivity contribution is 0.669. The molecule has 0 amide bonds. The minimum Gasteiger partial charge on any atom is -0.456 e. The van der Waals surface area contributed by atoms with Crippen LogP contribution in [0.4, 0.5) is 0 Å². The molecule has 0 aliphatic carbocycles. The molecule has 0 fully saturated rings. The van der Waals surface area contributed by atoms with Crippen LogP contribution in [0.2, 0.25) is 0 Å². The van der Waals surface area contributed by atoms with Crippen molar-refractivity contribution in [2.45, 2.75) is 0 Å². The lowest BCUT2D eigenvalue weighted by atomic mass is 9.95. The van der Waals surface area contributed by atoms with E-state index in [-0.39, 0.29) is 48.8 Å². The van der Waals surface area contributed by atoms with Gasteiger partial charge in [-0.05, 0) is 58.6 Å². The van der Waals surface area contributed by atoms with Gasteiger partial charge in [0.05, 0.1) is 20.6 Å². The Labute approximate surface area is 313 Å². The predicted molar refractivity (Wildman–Crippen MR) is 207 cm³/mol. The van der Waals surface area contributed by atoms with Crippen LogP contribution in [0.1, 0.15) is 20.6 Å². The second-order valence-corrected chi connectivity index (χ2v) is 12.3. The molecule has 0 N–H and O–H groups in total. The van der Waals surface area contributed by atoms with Gasteiger partial charge in [0.25, 0.3) is 0 Å². The Morgan fingerprint density at radius 2 is 1.14 bits per heavy atom. The fourth-order valence-electron chi connectivity index (χ4n) is 5.89. The molecule has 10 aromatic rings. The molecular weight excluding hydrogens is 631 g/mol. The first-order chi connectivity index (χ1) is 31.0. The topological polar surface area (TPSA) is 51.8 Å². The predicted octanol–water partition coefficient (Wildman–Crippen LogP) is 12.5. The third kappa shape index (κ3) is 4.87. The van der Waals surface area contributed by atoms with Gasteiger partial charge in [-0.25, -0.2) is 15.0 Å². The first-order valence-corrected chi connectivity index (χ1v) is 16.2. The van der Waals surface area contributed by atoms with Crippen molar-refractivity contribution in [3.8, 4) is 56.4 Å². The highest BCUT2D eigenvalue weighted by atomic mass is 32.1. The number of fused-ring (bicyclic) bond motifs is 6. The second kappa shape index (κ2) is 11.6. The van der Waals surface area contributed by atoms with E-state index >= 15 is 0 Å². The van der Waals surface area contributed by atoms with Crippen molar-refractivity contribution in [2.75, 3.05) is 0 Å². The molecule has 234 valence electrons. The van der Waals surface area contributed by atoms with Gasteiger partial charge in [-0.2, -0.15) is 0 Å². The van der Waals surface area contributed by atoms with Gasteiger partial charge in [-0.1, -0.05) is 127 Å².